The van der Waals surface area contributed by atoms with Gasteiger partial charge in [0, 0.05) is 42.1 Å². The third-order valence-electron chi connectivity index (χ3n) is 0. The summed E-state index contributed by atoms with van der Waals surface area (Å²) >= 11 is 0. The zero-order chi connectivity index (χ0) is 0. The van der Waals surface area contributed by atoms with E-state index in [-0.39, 0.29) is 193 Å². The van der Waals surface area contributed by atoms with Crippen molar-refractivity contribution in [1.82, 2.24) is 0 Å². The molecule has 0 saturated carbocycles. The van der Waals surface area contributed by atoms with E-state index >= 15 is 0 Å². The van der Waals surface area contributed by atoms with E-state index in [1.807, 2.05) is 0 Å². The molecule has 0 aromatic carbocycles. The molecular formula is In2Mo2O11Zn2-12. The smallest absolute Gasteiger partial charge is 2.00 e. The summed E-state index contributed by atoms with van der Waals surface area (Å²) in [6.45, 7) is 0. The fourth-order valence-corrected chi connectivity index (χ4v) is 0. The van der Waals surface area contributed by atoms with Crippen molar-refractivity contribution in [2.45, 2.75) is 0 Å². The summed E-state index contributed by atoms with van der Waals surface area (Å²) in [6, 6.07) is 0. The van der Waals surface area contributed by atoms with E-state index < -0.39 is 0 Å². The second-order valence-corrected chi connectivity index (χ2v) is 0. The second kappa shape index (κ2) is 463. The molecule has 0 N–H and O–H groups in total. The summed E-state index contributed by atoms with van der Waals surface area (Å²) in [4.78, 5) is 0. The van der Waals surface area contributed by atoms with Crippen LogP contribution in [0.4, 0.5) is 0 Å². The van der Waals surface area contributed by atoms with Crippen molar-refractivity contribution in [1.29, 1.82) is 0 Å². The molecule has 0 aliphatic carbocycles. The third-order valence-corrected chi connectivity index (χ3v) is 0. The normalized spacial score (nSPS) is 0. The fourth-order valence-electron chi connectivity index (χ4n) is 0. The van der Waals surface area contributed by atoms with Gasteiger partial charge in [0.25, 0.3) is 0 Å². The monoisotopic (exact) mass is 729 g/mol. The predicted octanol–water partition coefficient (Wildman–Crippen LogP) is -2.08. The van der Waals surface area contributed by atoms with Crippen LogP contribution in [0.15, 0.2) is 0 Å². The average Bonchev–Trinajstić information content (AvgIpc) is 0. The molecule has 0 aliphatic rings. The molecule has 0 saturated heterocycles. The van der Waals surface area contributed by atoms with Crippen molar-refractivity contribution in [3.63, 3.8) is 0 Å². The van der Waals surface area contributed by atoms with Gasteiger partial charge in [-0.25, -0.2) is 0 Å². The van der Waals surface area contributed by atoms with Crippen molar-refractivity contribution in [2.24, 2.45) is 0 Å². The maximum absolute atomic E-state index is 0. The van der Waals surface area contributed by atoms with E-state index in [0.717, 1.165) is 0 Å². The predicted molar refractivity (Wildman–Crippen MR) is 19.1 cm³/mol. The van der Waals surface area contributed by atoms with E-state index in [1.54, 1.807) is 0 Å². The van der Waals surface area contributed by atoms with Gasteiger partial charge in [-0.05, 0) is 0 Å². The summed E-state index contributed by atoms with van der Waals surface area (Å²) in [5.74, 6) is 0. The molecule has 17 heteroatoms. The molecule has 0 amide bonds. The topological polar surface area (TPSA) is 314 Å². The van der Waals surface area contributed by atoms with Crippen molar-refractivity contribution in [3.8, 4) is 0 Å². The van der Waals surface area contributed by atoms with Crippen LogP contribution in [0.3, 0.4) is 0 Å². The Morgan fingerprint density at radius 1 is 0.235 bits per heavy atom. The van der Waals surface area contributed by atoms with Gasteiger partial charge in [-0.3, -0.25) is 0 Å². The van der Waals surface area contributed by atoms with Gasteiger partial charge < -0.3 is 60.2 Å². The molecule has 0 aliphatic heterocycles. The standard InChI is InChI=1S/2In.2Mo.11O.2Zn/q2*+3;;;11*-2;2*+2. The molecule has 0 aromatic heterocycles. The molecule has 0 fully saturated rings. The van der Waals surface area contributed by atoms with E-state index in [4.69, 9.17) is 0 Å². The molecule has 100 valence electrons. The van der Waals surface area contributed by atoms with Crippen molar-refractivity contribution >= 4 is 51.7 Å². The Morgan fingerprint density at radius 3 is 0.235 bits per heavy atom. The zero-order valence-electron chi connectivity index (χ0n) is 7.88. The van der Waals surface area contributed by atoms with Gasteiger partial charge in [0.2, 0.25) is 0 Å². The second-order valence-electron chi connectivity index (χ2n) is 0. The summed E-state index contributed by atoms with van der Waals surface area (Å²) < 4.78 is 0. The molecule has 17 heavy (non-hydrogen) atoms. The van der Waals surface area contributed by atoms with E-state index in [2.05, 4.69) is 0 Å². The molecule has 0 spiro atoms. The molecule has 11 nitrogen and oxygen atoms in total. The van der Waals surface area contributed by atoms with Crippen LogP contribution < -0.4 is 0 Å². The van der Waals surface area contributed by atoms with Gasteiger partial charge in [-0.2, -0.15) is 0 Å². The number of hydrogen-bond donors (Lipinski definition) is 0. The largest absolute Gasteiger partial charge is 3.00 e. The Labute approximate surface area is 190 Å². The SMILES string of the molecule is [In+3].[In+3].[Mo].[Mo].[O-2].[O-2].[O-2].[O-2].[O-2].[O-2].[O-2].[O-2].[O-2].[O-2].[O-2].[Zn+2].[Zn+2]. The van der Waals surface area contributed by atoms with Crippen molar-refractivity contribution < 1.29 is 141 Å². The third kappa shape index (κ3) is 416. The Kier molecular flexibility index (Phi) is 14700. The maximum Gasteiger partial charge on any atom is 3.00 e. The fraction of sp³-hybridized carbons (Fsp3) is 0. The van der Waals surface area contributed by atoms with E-state index in [0.29, 0.717) is 0 Å². The van der Waals surface area contributed by atoms with Crippen LogP contribution in [-0.2, 0) is 141 Å². The Balaban J connectivity index is 0. The Bertz CT molecular complexity index is 25.4. The van der Waals surface area contributed by atoms with Crippen LogP contribution in [0, 0.1) is 0 Å². The average molecular weight is 728 g/mol. The van der Waals surface area contributed by atoms with Gasteiger partial charge in [0.15, 0.2) is 0 Å². The van der Waals surface area contributed by atoms with Gasteiger partial charge >= 0.3 is 90.6 Å². The van der Waals surface area contributed by atoms with E-state index in [9.17, 15) is 0 Å². The summed E-state index contributed by atoms with van der Waals surface area (Å²) in [5.41, 5.74) is 0. The number of hydrogen-bond acceptors (Lipinski definition) is 0. The first-order valence-electron chi connectivity index (χ1n) is 0. The van der Waals surface area contributed by atoms with Gasteiger partial charge in [0.1, 0.15) is 0 Å². The quantitative estimate of drug-likeness (QED) is 0.243. The van der Waals surface area contributed by atoms with E-state index in [1.165, 1.54) is 0 Å². The minimum absolute atomic E-state index is 0. The first-order chi connectivity index (χ1) is 0. The molecule has 0 unspecified atom stereocenters. The van der Waals surface area contributed by atoms with Gasteiger partial charge in [-0.1, -0.05) is 0 Å². The summed E-state index contributed by atoms with van der Waals surface area (Å²) in [5, 5.41) is 0. The van der Waals surface area contributed by atoms with Crippen LogP contribution in [0.5, 0.6) is 0 Å². The molecule has 0 radical (unpaired) electrons. The summed E-state index contributed by atoms with van der Waals surface area (Å²) in [7, 11) is 0. The molecule has 0 aromatic rings. The van der Waals surface area contributed by atoms with Crippen LogP contribution in [0.1, 0.15) is 0 Å². The molecule has 0 heterocycles. The number of rotatable bonds is 0. The molecule has 0 bridgehead atoms. The van der Waals surface area contributed by atoms with Crippen molar-refractivity contribution in [3.05, 3.63) is 0 Å². The first kappa shape index (κ1) is 540. The minimum Gasteiger partial charge on any atom is -2.00 e. The van der Waals surface area contributed by atoms with Crippen LogP contribution in [0.25, 0.3) is 0 Å². The van der Waals surface area contributed by atoms with Crippen LogP contribution in [-0.4, -0.2) is 51.7 Å². The molecule has 0 rings (SSSR count). The van der Waals surface area contributed by atoms with Crippen molar-refractivity contribution in [2.75, 3.05) is 0 Å². The zero-order valence-corrected chi connectivity index (χ0v) is 24.4. The Morgan fingerprint density at radius 2 is 0.235 bits per heavy atom. The van der Waals surface area contributed by atoms with Crippen LogP contribution >= 0.6 is 0 Å². The molecule has 0 atom stereocenters. The minimum atomic E-state index is 0. The van der Waals surface area contributed by atoms with Gasteiger partial charge in [-0.15, -0.1) is 0 Å². The molecular weight excluding hydrogens is 728 g/mol. The maximum atomic E-state index is 0. The van der Waals surface area contributed by atoms with Gasteiger partial charge in [0.05, 0.1) is 0 Å². The Hall–Kier alpha value is 3.92. The van der Waals surface area contributed by atoms with Crippen LogP contribution in [0.2, 0.25) is 0 Å². The summed E-state index contributed by atoms with van der Waals surface area (Å²) in [6.07, 6.45) is 0. The first-order valence-corrected chi connectivity index (χ1v) is 0.